The summed E-state index contributed by atoms with van der Waals surface area (Å²) < 4.78 is 0. The number of halogens is 1. The first-order valence-corrected chi connectivity index (χ1v) is 5.05. The van der Waals surface area contributed by atoms with E-state index in [4.69, 9.17) is 11.6 Å². The maximum absolute atomic E-state index is 5.63. The number of aromatic amines is 1. The smallest absolute Gasteiger partial charge is 0.151 e. The first-order valence-electron chi connectivity index (χ1n) is 3.70. The summed E-state index contributed by atoms with van der Waals surface area (Å²) in [5.74, 6) is 0.411. The molecule has 0 spiro atoms. The molecular weight excluding hydrogens is 208 g/mol. The number of H-pyrrole nitrogens is 1. The molecule has 0 saturated heterocycles. The standard InChI is InChI=1S/C7H7ClN4S/c1-4-5(3-9-10-4)7-12-11-6(2-8)13-7/h3H,2H2,1H3,(H,9,10). The minimum absolute atomic E-state index is 0.411. The third-order valence-electron chi connectivity index (χ3n) is 1.64. The lowest BCUT2D eigenvalue weighted by Gasteiger charge is -1.88. The third-order valence-corrected chi connectivity index (χ3v) is 3.01. The van der Waals surface area contributed by atoms with Crippen LogP contribution in [-0.4, -0.2) is 20.4 Å². The van der Waals surface area contributed by atoms with Crippen LogP contribution in [0.5, 0.6) is 0 Å². The quantitative estimate of drug-likeness (QED) is 0.778. The molecule has 4 nitrogen and oxygen atoms in total. The molecule has 0 aromatic carbocycles. The van der Waals surface area contributed by atoms with Gasteiger partial charge in [0.15, 0.2) is 5.01 Å². The van der Waals surface area contributed by atoms with Gasteiger partial charge < -0.3 is 0 Å². The first kappa shape index (κ1) is 8.65. The van der Waals surface area contributed by atoms with Gasteiger partial charge in [-0.25, -0.2) is 0 Å². The minimum atomic E-state index is 0.411. The number of hydrogen-bond donors (Lipinski definition) is 1. The number of hydrogen-bond acceptors (Lipinski definition) is 4. The van der Waals surface area contributed by atoms with Gasteiger partial charge >= 0.3 is 0 Å². The van der Waals surface area contributed by atoms with Crippen molar-refractivity contribution >= 4 is 22.9 Å². The molecule has 1 N–H and O–H groups in total. The SMILES string of the molecule is Cc1[nH]ncc1-c1nnc(CCl)s1. The number of nitrogens with zero attached hydrogens (tertiary/aromatic N) is 3. The fourth-order valence-electron chi connectivity index (χ4n) is 0.983. The monoisotopic (exact) mass is 214 g/mol. The van der Waals surface area contributed by atoms with Crippen molar-refractivity contribution in [1.29, 1.82) is 0 Å². The van der Waals surface area contributed by atoms with Crippen molar-refractivity contribution in [2.75, 3.05) is 0 Å². The van der Waals surface area contributed by atoms with E-state index < -0.39 is 0 Å². The topological polar surface area (TPSA) is 54.5 Å². The van der Waals surface area contributed by atoms with Crippen LogP contribution < -0.4 is 0 Å². The zero-order valence-electron chi connectivity index (χ0n) is 6.91. The van der Waals surface area contributed by atoms with E-state index in [1.54, 1.807) is 6.20 Å². The highest BCUT2D eigenvalue weighted by molar-refractivity contribution is 7.14. The number of aromatic nitrogens is 4. The molecule has 2 rings (SSSR count). The zero-order valence-corrected chi connectivity index (χ0v) is 8.48. The van der Waals surface area contributed by atoms with E-state index in [2.05, 4.69) is 20.4 Å². The summed E-state index contributed by atoms with van der Waals surface area (Å²) in [6.07, 6.45) is 1.74. The van der Waals surface area contributed by atoms with Crippen molar-refractivity contribution in [3.8, 4) is 10.6 Å². The Hall–Kier alpha value is -0.940. The first-order chi connectivity index (χ1) is 6.31. The summed E-state index contributed by atoms with van der Waals surface area (Å²) >= 11 is 7.12. The summed E-state index contributed by atoms with van der Waals surface area (Å²) in [6, 6.07) is 0. The van der Waals surface area contributed by atoms with E-state index >= 15 is 0 Å². The molecule has 0 fully saturated rings. The molecule has 0 amide bonds. The Morgan fingerprint density at radius 2 is 2.38 bits per heavy atom. The molecule has 0 atom stereocenters. The highest BCUT2D eigenvalue weighted by Gasteiger charge is 2.09. The minimum Gasteiger partial charge on any atom is -0.282 e. The Labute approximate surface area is 84.0 Å². The second kappa shape index (κ2) is 3.43. The molecule has 0 aliphatic heterocycles. The molecule has 0 unspecified atom stereocenters. The van der Waals surface area contributed by atoms with Crippen LogP contribution in [-0.2, 0) is 5.88 Å². The Bertz CT molecular complexity index is 408. The van der Waals surface area contributed by atoms with Gasteiger partial charge in [-0.05, 0) is 6.92 Å². The van der Waals surface area contributed by atoms with E-state index in [-0.39, 0.29) is 0 Å². The summed E-state index contributed by atoms with van der Waals surface area (Å²) in [5.41, 5.74) is 1.99. The highest BCUT2D eigenvalue weighted by Crippen LogP contribution is 2.25. The Kier molecular flexibility index (Phi) is 2.28. The summed E-state index contributed by atoms with van der Waals surface area (Å²) in [7, 11) is 0. The van der Waals surface area contributed by atoms with Crippen LogP contribution in [0, 0.1) is 6.92 Å². The molecule has 2 aromatic rings. The fourth-order valence-corrected chi connectivity index (χ4v) is 1.96. The van der Waals surface area contributed by atoms with E-state index in [9.17, 15) is 0 Å². The number of nitrogens with one attached hydrogen (secondary N) is 1. The van der Waals surface area contributed by atoms with Crippen molar-refractivity contribution in [2.45, 2.75) is 12.8 Å². The van der Waals surface area contributed by atoms with Crippen LogP contribution in [0.3, 0.4) is 0 Å². The highest BCUT2D eigenvalue weighted by atomic mass is 35.5. The second-order valence-electron chi connectivity index (χ2n) is 2.54. The molecule has 6 heteroatoms. The van der Waals surface area contributed by atoms with Crippen LogP contribution in [0.1, 0.15) is 10.7 Å². The van der Waals surface area contributed by atoms with E-state index in [0.717, 1.165) is 21.3 Å². The summed E-state index contributed by atoms with van der Waals surface area (Å²) in [6.45, 7) is 1.95. The molecule has 0 aliphatic carbocycles. The molecule has 0 saturated carbocycles. The van der Waals surface area contributed by atoms with Crippen molar-refractivity contribution in [1.82, 2.24) is 20.4 Å². The van der Waals surface area contributed by atoms with Gasteiger partial charge in [-0.15, -0.1) is 21.8 Å². The molecule has 2 heterocycles. The lowest BCUT2D eigenvalue weighted by Crippen LogP contribution is -1.77. The van der Waals surface area contributed by atoms with Crippen LogP contribution in [0.2, 0.25) is 0 Å². The van der Waals surface area contributed by atoms with Crippen LogP contribution in [0.25, 0.3) is 10.6 Å². The summed E-state index contributed by atoms with van der Waals surface area (Å²) in [4.78, 5) is 0. The maximum atomic E-state index is 5.63. The lowest BCUT2D eigenvalue weighted by atomic mass is 10.3. The van der Waals surface area contributed by atoms with Crippen molar-refractivity contribution in [3.63, 3.8) is 0 Å². The van der Waals surface area contributed by atoms with Gasteiger partial charge in [-0.2, -0.15) is 5.10 Å². The predicted molar refractivity (Wildman–Crippen MR) is 51.8 cm³/mol. The Morgan fingerprint density at radius 3 is 2.92 bits per heavy atom. The average molecular weight is 215 g/mol. The van der Waals surface area contributed by atoms with Gasteiger partial charge in [0.05, 0.1) is 17.6 Å². The van der Waals surface area contributed by atoms with Crippen LogP contribution in [0.4, 0.5) is 0 Å². The van der Waals surface area contributed by atoms with E-state index in [1.807, 2.05) is 6.92 Å². The molecule has 0 aliphatic rings. The molecule has 13 heavy (non-hydrogen) atoms. The second-order valence-corrected chi connectivity index (χ2v) is 3.87. The molecule has 0 radical (unpaired) electrons. The summed E-state index contributed by atoms with van der Waals surface area (Å²) in [5, 5.41) is 16.4. The number of aryl methyl sites for hydroxylation is 1. The lowest BCUT2D eigenvalue weighted by molar-refractivity contribution is 1.04. The Balaban J connectivity index is 2.41. The van der Waals surface area contributed by atoms with Crippen molar-refractivity contribution in [2.24, 2.45) is 0 Å². The van der Waals surface area contributed by atoms with E-state index in [0.29, 0.717) is 5.88 Å². The molecule has 68 valence electrons. The van der Waals surface area contributed by atoms with Gasteiger partial charge in [-0.3, -0.25) is 5.10 Å². The number of alkyl halides is 1. The predicted octanol–water partition coefficient (Wildman–Crippen LogP) is 1.98. The third kappa shape index (κ3) is 1.57. The molecular formula is C7H7ClN4S. The zero-order chi connectivity index (χ0) is 9.26. The average Bonchev–Trinajstić information content (AvgIpc) is 2.71. The van der Waals surface area contributed by atoms with Gasteiger partial charge in [0.1, 0.15) is 5.01 Å². The maximum Gasteiger partial charge on any atom is 0.151 e. The Morgan fingerprint density at radius 1 is 1.54 bits per heavy atom. The van der Waals surface area contributed by atoms with Crippen molar-refractivity contribution < 1.29 is 0 Å². The largest absolute Gasteiger partial charge is 0.282 e. The number of rotatable bonds is 2. The normalized spacial score (nSPS) is 10.6. The van der Waals surface area contributed by atoms with Gasteiger partial charge in [0.2, 0.25) is 0 Å². The molecule has 0 bridgehead atoms. The van der Waals surface area contributed by atoms with Gasteiger partial charge in [0.25, 0.3) is 0 Å². The van der Waals surface area contributed by atoms with Crippen LogP contribution in [0.15, 0.2) is 6.20 Å². The van der Waals surface area contributed by atoms with Crippen molar-refractivity contribution in [3.05, 3.63) is 16.9 Å². The van der Waals surface area contributed by atoms with Crippen LogP contribution >= 0.6 is 22.9 Å². The van der Waals surface area contributed by atoms with Gasteiger partial charge in [-0.1, -0.05) is 11.3 Å². The van der Waals surface area contributed by atoms with E-state index in [1.165, 1.54) is 11.3 Å². The van der Waals surface area contributed by atoms with Gasteiger partial charge in [0, 0.05) is 5.69 Å². The molecule has 2 aromatic heterocycles. The fraction of sp³-hybridized carbons (Fsp3) is 0.286.